The van der Waals surface area contributed by atoms with Crippen LogP contribution in [0.5, 0.6) is 0 Å². The average molecular weight is 197 g/mol. The van der Waals surface area contributed by atoms with Gasteiger partial charge in [0.25, 0.3) is 0 Å². The maximum Gasteiger partial charge on any atom is 0.110 e. The number of hydrogen-bond donors (Lipinski definition) is 2. The van der Waals surface area contributed by atoms with Crippen LogP contribution in [0.3, 0.4) is 0 Å². The fourth-order valence-electron chi connectivity index (χ4n) is 1.54. The first-order chi connectivity index (χ1) is 6.27. The van der Waals surface area contributed by atoms with Crippen molar-refractivity contribution in [1.82, 2.24) is 9.97 Å². The Kier molecular flexibility index (Phi) is 2.60. The molecule has 2 heterocycles. The number of H-pyrrole nitrogens is 1. The van der Waals surface area contributed by atoms with Gasteiger partial charge in [-0.3, -0.25) is 0 Å². The lowest BCUT2D eigenvalue weighted by Crippen LogP contribution is -2.06. The Hall–Kier alpha value is -0.480. The van der Waals surface area contributed by atoms with Crippen LogP contribution in [0.4, 0.5) is 0 Å². The second-order valence-corrected chi connectivity index (χ2v) is 4.72. The lowest BCUT2D eigenvalue weighted by molar-refractivity contribution is 0.716. The number of nitrogens with one attached hydrogen (secondary N) is 1. The summed E-state index contributed by atoms with van der Waals surface area (Å²) < 4.78 is 0. The molecule has 1 saturated heterocycles. The highest BCUT2D eigenvalue weighted by Gasteiger charge is 2.20. The molecule has 0 amide bonds. The molecule has 0 spiro atoms. The summed E-state index contributed by atoms with van der Waals surface area (Å²) in [7, 11) is 0. The number of aromatic amines is 1. The normalized spacial score (nSPS) is 24.9. The van der Waals surface area contributed by atoms with E-state index < -0.39 is 0 Å². The van der Waals surface area contributed by atoms with E-state index in [0.29, 0.717) is 5.92 Å². The molecule has 0 bridgehead atoms. The predicted molar refractivity (Wildman–Crippen MR) is 55.9 cm³/mol. The third-order valence-electron chi connectivity index (χ3n) is 2.42. The molecule has 2 atom stereocenters. The van der Waals surface area contributed by atoms with Gasteiger partial charge in [0, 0.05) is 23.9 Å². The van der Waals surface area contributed by atoms with E-state index in [4.69, 9.17) is 5.73 Å². The highest BCUT2D eigenvalue weighted by atomic mass is 32.2. The second-order valence-electron chi connectivity index (χ2n) is 3.57. The number of nitrogens with two attached hydrogens (primary N) is 1. The van der Waals surface area contributed by atoms with Gasteiger partial charge in [-0.2, -0.15) is 11.8 Å². The molecule has 1 aliphatic heterocycles. The first kappa shape index (κ1) is 9.09. The molecule has 2 rings (SSSR count). The first-order valence-corrected chi connectivity index (χ1v) is 5.81. The van der Waals surface area contributed by atoms with Gasteiger partial charge >= 0.3 is 0 Å². The minimum atomic E-state index is 0.0651. The van der Waals surface area contributed by atoms with Crippen molar-refractivity contribution in [2.45, 2.75) is 25.3 Å². The molecule has 1 aliphatic rings. The van der Waals surface area contributed by atoms with Gasteiger partial charge in [0.05, 0.1) is 5.69 Å². The first-order valence-electron chi connectivity index (χ1n) is 4.65. The van der Waals surface area contributed by atoms with Gasteiger partial charge in [-0.15, -0.1) is 0 Å². The van der Waals surface area contributed by atoms with E-state index in [1.54, 1.807) is 0 Å². The lowest BCUT2D eigenvalue weighted by Gasteiger charge is -2.04. The van der Waals surface area contributed by atoms with Gasteiger partial charge in [0.15, 0.2) is 0 Å². The fraction of sp³-hybridized carbons (Fsp3) is 0.667. The molecular weight excluding hydrogens is 182 g/mol. The van der Waals surface area contributed by atoms with Crippen LogP contribution in [0, 0.1) is 0 Å². The lowest BCUT2D eigenvalue weighted by atomic mass is 10.1. The van der Waals surface area contributed by atoms with Gasteiger partial charge in [-0.1, -0.05) is 0 Å². The fourth-order valence-corrected chi connectivity index (χ4v) is 2.77. The molecule has 0 saturated carbocycles. The SMILES string of the molecule is CC(N)c1cnc(C2CCSC2)[nH]1. The Bertz CT molecular complexity index is 276. The summed E-state index contributed by atoms with van der Waals surface area (Å²) in [5.74, 6) is 4.21. The van der Waals surface area contributed by atoms with Gasteiger partial charge in [0.1, 0.15) is 5.82 Å². The number of rotatable bonds is 2. The Morgan fingerprint density at radius 3 is 3.15 bits per heavy atom. The highest BCUT2D eigenvalue weighted by Crippen LogP contribution is 2.30. The van der Waals surface area contributed by atoms with Crippen molar-refractivity contribution in [1.29, 1.82) is 0 Å². The molecule has 1 aromatic rings. The topological polar surface area (TPSA) is 54.7 Å². The van der Waals surface area contributed by atoms with E-state index in [9.17, 15) is 0 Å². The minimum absolute atomic E-state index is 0.0651. The number of imidazole rings is 1. The maximum absolute atomic E-state index is 5.75. The summed E-state index contributed by atoms with van der Waals surface area (Å²) in [5, 5.41) is 0. The summed E-state index contributed by atoms with van der Waals surface area (Å²) in [6.07, 6.45) is 3.11. The zero-order chi connectivity index (χ0) is 9.26. The van der Waals surface area contributed by atoms with Crippen LogP contribution in [0.25, 0.3) is 0 Å². The Morgan fingerprint density at radius 2 is 2.62 bits per heavy atom. The largest absolute Gasteiger partial charge is 0.344 e. The molecule has 13 heavy (non-hydrogen) atoms. The smallest absolute Gasteiger partial charge is 0.110 e. The number of thioether (sulfide) groups is 1. The molecular formula is C9H15N3S. The Morgan fingerprint density at radius 1 is 1.77 bits per heavy atom. The van der Waals surface area contributed by atoms with Gasteiger partial charge in [-0.05, 0) is 19.1 Å². The van der Waals surface area contributed by atoms with Crippen LogP contribution in [-0.4, -0.2) is 21.5 Å². The van der Waals surface area contributed by atoms with Crippen molar-refractivity contribution in [2.75, 3.05) is 11.5 Å². The van der Waals surface area contributed by atoms with Crippen molar-refractivity contribution >= 4 is 11.8 Å². The zero-order valence-electron chi connectivity index (χ0n) is 7.79. The molecule has 3 N–H and O–H groups in total. The number of hydrogen-bond acceptors (Lipinski definition) is 3. The third-order valence-corrected chi connectivity index (χ3v) is 3.58. The Balaban J connectivity index is 2.12. The van der Waals surface area contributed by atoms with E-state index in [2.05, 4.69) is 9.97 Å². The molecule has 0 radical (unpaired) electrons. The maximum atomic E-state index is 5.75. The van der Waals surface area contributed by atoms with E-state index in [1.807, 2.05) is 24.9 Å². The molecule has 72 valence electrons. The molecule has 1 fully saturated rings. The molecule has 4 heteroatoms. The van der Waals surface area contributed by atoms with Crippen molar-refractivity contribution < 1.29 is 0 Å². The molecule has 1 aromatic heterocycles. The summed E-state index contributed by atoms with van der Waals surface area (Å²) in [6, 6.07) is 0.0651. The number of nitrogens with zero attached hydrogens (tertiary/aromatic N) is 1. The third kappa shape index (κ3) is 1.89. The van der Waals surface area contributed by atoms with Crippen LogP contribution in [0.1, 0.15) is 36.8 Å². The van der Waals surface area contributed by atoms with Crippen LogP contribution in [0.2, 0.25) is 0 Å². The molecule has 0 aliphatic carbocycles. The Labute approximate surface area is 82.5 Å². The van der Waals surface area contributed by atoms with Crippen LogP contribution in [-0.2, 0) is 0 Å². The van der Waals surface area contributed by atoms with E-state index in [-0.39, 0.29) is 6.04 Å². The molecule has 0 aromatic carbocycles. The minimum Gasteiger partial charge on any atom is -0.344 e. The van der Waals surface area contributed by atoms with Gasteiger partial charge in [-0.25, -0.2) is 4.98 Å². The quantitative estimate of drug-likeness (QED) is 0.758. The summed E-state index contributed by atoms with van der Waals surface area (Å²) in [4.78, 5) is 7.68. The second kappa shape index (κ2) is 3.72. The number of aromatic nitrogens is 2. The van der Waals surface area contributed by atoms with E-state index >= 15 is 0 Å². The highest BCUT2D eigenvalue weighted by molar-refractivity contribution is 7.99. The predicted octanol–water partition coefficient (Wildman–Crippen LogP) is 1.65. The van der Waals surface area contributed by atoms with Crippen LogP contribution in [0.15, 0.2) is 6.20 Å². The zero-order valence-corrected chi connectivity index (χ0v) is 8.60. The van der Waals surface area contributed by atoms with E-state index in [0.717, 1.165) is 11.5 Å². The van der Waals surface area contributed by atoms with Gasteiger partial charge < -0.3 is 10.7 Å². The summed E-state index contributed by atoms with van der Waals surface area (Å²) in [6.45, 7) is 1.97. The standard InChI is InChI=1S/C9H15N3S/c1-6(10)8-4-11-9(12-8)7-2-3-13-5-7/h4,6-7H,2-3,5,10H2,1H3,(H,11,12). The summed E-state index contributed by atoms with van der Waals surface area (Å²) >= 11 is 2.00. The average Bonchev–Trinajstić information content (AvgIpc) is 2.75. The van der Waals surface area contributed by atoms with Crippen molar-refractivity contribution in [3.63, 3.8) is 0 Å². The summed E-state index contributed by atoms with van der Waals surface area (Å²) in [5.41, 5.74) is 6.80. The van der Waals surface area contributed by atoms with Crippen LogP contribution < -0.4 is 5.73 Å². The van der Waals surface area contributed by atoms with Gasteiger partial charge in [0.2, 0.25) is 0 Å². The molecule has 3 nitrogen and oxygen atoms in total. The van der Waals surface area contributed by atoms with Crippen molar-refractivity contribution in [3.05, 3.63) is 17.7 Å². The van der Waals surface area contributed by atoms with Crippen molar-refractivity contribution in [2.24, 2.45) is 5.73 Å². The van der Waals surface area contributed by atoms with Crippen LogP contribution >= 0.6 is 11.8 Å². The van der Waals surface area contributed by atoms with E-state index in [1.165, 1.54) is 17.9 Å². The van der Waals surface area contributed by atoms with Crippen molar-refractivity contribution in [3.8, 4) is 0 Å². The monoisotopic (exact) mass is 197 g/mol. The molecule has 2 unspecified atom stereocenters.